The molecule has 1 aliphatic rings. The molecule has 8 heteroatoms. The Morgan fingerprint density at radius 1 is 1.38 bits per heavy atom. The number of aromatic nitrogens is 5. The van der Waals surface area contributed by atoms with Crippen molar-refractivity contribution in [1.82, 2.24) is 30.2 Å². The number of likely N-dealkylation sites (tertiary alicyclic amines) is 1. The van der Waals surface area contributed by atoms with Crippen molar-refractivity contribution in [3.05, 3.63) is 47.9 Å². The van der Waals surface area contributed by atoms with Gasteiger partial charge < -0.3 is 9.42 Å². The van der Waals surface area contributed by atoms with Gasteiger partial charge in [-0.25, -0.2) is 0 Å². The molecule has 0 saturated carbocycles. The summed E-state index contributed by atoms with van der Waals surface area (Å²) in [6.07, 6.45) is 4.15. The molecule has 1 N–H and O–H groups in total. The van der Waals surface area contributed by atoms with Gasteiger partial charge in [0, 0.05) is 35.6 Å². The van der Waals surface area contributed by atoms with Gasteiger partial charge in [0.15, 0.2) is 0 Å². The van der Waals surface area contributed by atoms with Crippen LogP contribution < -0.4 is 0 Å². The summed E-state index contributed by atoms with van der Waals surface area (Å²) in [6, 6.07) is 5.28. The third kappa shape index (κ3) is 2.87. The Hall–Kier alpha value is -3.03. The number of hydrogen-bond acceptors (Lipinski definition) is 6. The van der Waals surface area contributed by atoms with E-state index in [0.29, 0.717) is 24.0 Å². The first-order chi connectivity index (χ1) is 12.4. The van der Waals surface area contributed by atoms with Crippen LogP contribution in [0.15, 0.2) is 35.1 Å². The zero-order valence-electron chi connectivity index (χ0n) is 14.9. The first-order valence-corrected chi connectivity index (χ1v) is 8.54. The van der Waals surface area contributed by atoms with Crippen LogP contribution in [0.5, 0.6) is 0 Å². The minimum absolute atomic E-state index is 0.0923. The monoisotopic (exact) mass is 352 g/mol. The van der Waals surface area contributed by atoms with Crippen molar-refractivity contribution in [2.45, 2.75) is 38.6 Å². The van der Waals surface area contributed by atoms with E-state index in [0.717, 1.165) is 17.7 Å². The van der Waals surface area contributed by atoms with E-state index < -0.39 is 0 Å². The van der Waals surface area contributed by atoms with Crippen molar-refractivity contribution in [2.24, 2.45) is 0 Å². The van der Waals surface area contributed by atoms with Crippen molar-refractivity contribution < 1.29 is 9.32 Å². The Balaban J connectivity index is 1.52. The SMILES string of the molecule is CC(C)(C)c1cc(C(=O)N2CC[C@@H]2c2nc(-c3cccnc3)no2)n[nH]1. The molecule has 0 unspecified atom stereocenters. The number of nitrogens with zero attached hydrogens (tertiary/aromatic N) is 5. The molecule has 1 amide bonds. The number of rotatable bonds is 3. The standard InChI is InChI=1S/C18H20N6O2/c1-18(2,3)14-9-12(21-22-14)17(25)24-8-6-13(24)16-20-15(23-26-16)11-5-4-7-19-10-11/h4-5,7,9-10,13H,6,8H2,1-3H3,(H,21,22)/t13-/m1/s1. The predicted molar refractivity (Wildman–Crippen MR) is 93.2 cm³/mol. The van der Waals surface area contributed by atoms with Crippen LogP contribution in [-0.4, -0.2) is 42.7 Å². The molecule has 1 atom stereocenters. The van der Waals surface area contributed by atoms with Gasteiger partial charge in [0.2, 0.25) is 11.7 Å². The minimum atomic E-state index is -0.213. The highest BCUT2D eigenvalue weighted by Crippen LogP contribution is 2.34. The van der Waals surface area contributed by atoms with Crippen LogP contribution in [0.25, 0.3) is 11.4 Å². The summed E-state index contributed by atoms with van der Waals surface area (Å²) >= 11 is 0. The van der Waals surface area contributed by atoms with Crippen LogP contribution in [0, 0.1) is 0 Å². The molecule has 0 spiro atoms. The normalized spacial score (nSPS) is 17.2. The molecular weight excluding hydrogens is 332 g/mol. The van der Waals surface area contributed by atoms with Crippen molar-refractivity contribution in [3.63, 3.8) is 0 Å². The molecule has 3 aromatic heterocycles. The molecule has 0 bridgehead atoms. The second-order valence-electron chi connectivity index (χ2n) is 7.42. The van der Waals surface area contributed by atoms with Crippen LogP contribution in [0.3, 0.4) is 0 Å². The van der Waals surface area contributed by atoms with Crippen molar-refractivity contribution >= 4 is 5.91 Å². The lowest BCUT2D eigenvalue weighted by molar-refractivity contribution is 0.0373. The van der Waals surface area contributed by atoms with Crippen LogP contribution in [-0.2, 0) is 5.41 Å². The maximum atomic E-state index is 12.8. The Morgan fingerprint density at radius 2 is 2.23 bits per heavy atom. The van der Waals surface area contributed by atoms with Gasteiger partial charge in [-0.3, -0.25) is 14.9 Å². The number of H-pyrrole nitrogens is 1. The molecule has 0 aliphatic carbocycles. The molecule has 4 rings (SSSR count). The number of carbonyl (C=O) groups is 1. The molecule has 0 aromatic carbocycles. The van der Waals surface area contributed by atoms with Gasteiger partial charge in [0.1, 0.15) is 11.7 Å². The van der Waals surface area contributed by atoms with Gasteiger partial charge in [0.25, 0.3) is 5.91 Å². The van der Waals surface area contributed by atoms with Crippen molar-refractivity contribution in [2.75, 3.05) is 6.54 Å². The molecule has 1 aliphatic heterocycles. The van der Waals surface area contributed by atoms with E-state index in [1.54, 1.807) is 17.3 Å². The van der Waals surface area contributed by atoms with Crippen LogP contribution in [0.1, 0.15) is 55.3 Å². The zero-order chi connectivity index (χ0) is 18.3. The summed E-state index contributed by atoms with van der Waals surface area (Å²) < 4.78 is 5.39. The minimum Gasteiger partial charge on any atom is -0.337 e. The number of amides is 1. The molecule has 1 fully saturated rings. The molecule has 26 heavy (non-hydrogen) atoms. The molecular formula is C18H20N6O2. The maximum Gasteiger partial charge on any atom is 0.275 e. The van der Waals surface area contributed by atoms with Crippen LogP contribution >= 0.6 is 0 Å². The largest absolute Gasteiger partial charge is 0.337 e. The molecule has 3 aromatic rings. The number of pyridine rings is 1. The number of aromatic amines is 1. The summed E-state index contributed by atoms with van der Waals surface area (Å²) in [4.78, 5) is 23.0. The van der Waals surface area contributed by atoms with Crippen molar-refractivity contribution in [3.8, 4) is 11.4 Å². The number of carbonyl (C=O) groups excluding carboxylic acids is 1. The third-order valence-corrected chi connectivity index (χ3v) is 4.53. The Bertz CT molecular complexity index is 925. The van der Waals surface area contributed by atoms with Gasteiger partial charge in [-0.05, 0) is 24.6 Å². The predicted octanol–water partition coefficient (Wildman–Crippen LogP) is 2.74. The van der Waals surface area contributed by atoms with Gasteiger partial charge in [0.05, 0.1) is 0 Å². The molecule has 0 radical (unpaired) electrons. The molecule has 134 valence electrons. The Kier molecular flexibility index (Phi) is 3.82. The smallest absolute Gasteiger partial charge is 0.275 e. The number of nitrogens with one attached hydrogen (secondary N) is 1. The van der Waals surface area contributed by atoms with Crippen molar-refractivity contribution in [1.29, 1.82) is 0 Å². The first kappa shape index (κ1) is 16.4. The fourth-order valence-electron chi connectivity index (χ4n) is 2.83. The van der Waals surface area contributed by atoms with Gasteiger partial charge in [-0.2, -0.15) is 10.1 Å². The summed E-state index contributed by atoms with van der Waals surface area (Å²) in [5, 5.41) is 11.1. The number of hydrogen-bond donors (Lipinski definition) is 1. The summed E-state index contributed by atoms with van der Waals surface area (Å²) in [7, 11) is 0. The lowest BCUT2D eigenvalue weighted by Gasteiger charge is -2.37. The average molecular weight is 352 g/mol. The van der Waals surface area contributed by atoms with E-state index in [1.807, 2.05) is 18.2 Å². The zero-order valence-corrected chi connectivity index (χ0v) is 14.9. The topological polar surface area (TPSA) is 101 Å². The molecule has 4 heterocycles. The van der Waals surface area contributed by atoms with Gasteiger partial charge in [-0.15, -0.1) is 0 Å². The maximum absolute atomic E-state index is 12.8. The summed E-state index contributed by atoms with van der Waals surface area (Å²) in [6.45, 7) is 6.85. The fraction of sp³-hybridized carbons (Fsp3) is 0.389. The Morgan fingerprint density at radius 3 is 2.85 bits per heavy atom. The van der Waals surface area contributed by atoms with Gasteiger partial charge in [-0.1, -0.05) is 25.9 Å². The quantitative estimate of drug-likeness (QED) is 0.778. The van der Waals surface area contributed by atoms with Crippen LogP contribution in [0.2, 0.25) is 0 Å². The fourth-order valence-corrected chi connectivity index (χ4v) is 2.83. The first-order valence-electron chi connectivity index (χ1n) is 8.54. The van der Waals surface area contributed by atoms with E-state index in [9.17, 15) is 4.79 Å². The highest BCUT2D eigenvalue weighted by Gasteiger charge is 2.39. The molecule has 1 saturated heterocycles. The van der Waals surface area contributed by atoms with E-state index in [1.165, 1.54) is 0 Å². The average Bonchev–Trinajstić information content (AvgIpc) is 3.24. The van der Waals surface area contributed by atoms with E-state index in [-0.39, 0.29) is 17.4 Å². The van der Waals surface area contributed by atoms with Crippen LogP contribution in [0.4, 0.5) is 0 Å². The second kappa shape index (κ2) is 6.05. The highest BCUT2D eigenvalue weighted by atomic mass is 16.5. The van der Waals surface area contributed by atoms with E-state index in [2.05, 4.69) is 46.1 Å². The lowest BCUT2D eigenvalue weighted by atomic mass is 9.92. The summed E-state index contributed by atoms with van der Waals surface area (Å²) in [5.41, 5.74) is 2.02. The van der Waals surface area contributed by atoms with E-state index in [4.69, 9.17) is 4.52 Å². The van der Waals surface area contributed by atoms with E-state index >= 15 is 0 Å². The molecule has 8 nitrogen and oxygen atoms in total. The Labute approximate surface area is 150 Å². The summed E-state index contributed by atoms with van der Waals surface area (Å²) in [5.74, 6) is 0.784. The second-order valence-corrected chi connectivity index (χ2v) is 7.42. The van der Waals surface area contributed by atoms with Gasteiger partial charge >= 0.3 is 0 Å². The lowest BCUT2D eigenvalue weighted by Crippen LogP contribution is -2.45. The third-order valence-electron chi connectivity index (χ3n) is 4.53. The highest BCUT2D eigenvalue weighted by molar-refractivity contribution is 5.93.